The summed E-state index contributed by atoms with van der Waals surface area (Å²) >= 11 is 0. The minimum Gasteiger partial charge on any atom is -0.480 e. The van der Waals surface area contributed by atoms with E-state index in [1.165, 1.54) is 0 Å². The van der Waals surface area contributed by atoms with Gasteiger partial charge >= 0.3 is 11.9 Å². The maximum absolute atomic E-state index is 12.0. The number of pyridine rings is 1. The molecule has 1 aliphatic heterocycles. The topological polar surface area (TPSA) is 79.7 Å². The van der Waals surface area contributed by atoms with E-state index in [-0.39, 0.29) is 5.88 Å². The van der Waals surface area contributed by atoms with Crippen LogP contribution in [0.1, 0.15) is 30.9 Å². The van der Waals surface area contributed by atoms with Crippen LogP contribution in [0.15, 0.2) is 42.5 Å². The van der Waals surface area contributed by atoms with Gasteiger partial charge in [-0.05, 0) is 44.4 Å². The van der Waals surface area contributed by atoms with Crippen LogP contribution in [0.3, 0.4) is 0 Å². The van der Waals surface area contributed by atoms with Gasteiger partial charge in [-0.3, -0.25) is 0 Å². The number of carboxylic acid groups (broad SMARTS) is 1. The molecule has 1 aromatic carbocycles. The lowest BCUT2D eigenvalue weighted by molar-refractivity contribution is -0.142. The molecule has 138 valence electrons. The minimum absolute atomic E-state index is 0.0937. The summed E-state index contributed by atoms with van der Waals surface area (Å²) in [5.41, 5.74) is 0.714. The summed E-state index contributed by atoms with van der Waals surface area (Å²) in [4.78, 5) is 29.7. The predicted octanol–water partition coefficient (Wildman–Crippen LogP) is 2.79. The Morgan fingerprint density at radius 1 is 1.22 bits per heavy atom. The highest BCUT2D eigenvalue weighted by molar-refractivity contribution is 5.90. The molecule has 27 heavy (non-hydrogen) atoms. The zero-order chi connectivity index (χ0) is 19.4. The number of benzene rings is 1. The summed E-state index contributed by atoms with van der Waals surface area (Å²) in [6, 6.07) is 12.4. The van der Waals surface area contributed by atoms with Gasteiger partial charge in [-0.25, -0.2) is 9.59 Å². The largest absolute Gasteiger partial charge is 0.480 e. The van der Waals surface area contributed by atoms with Gasteiger partial charge in [0.1, 0.15) is 11.4 Å². The van der Waals surface area contributed by atoms with Gasteiger partial charge in [-0.15, -0.1) is 0 Å². The van der Waals surface area contributed by atoms with Crippen molar-refractivity contribution in [2.75, 3.05) is 11.4 Å². The van der Waals surface area contributed by atoms with Crippen molar-refractivity contribution in [3.8, 4) is 17.7 Å². The molecule has 0 spiro atoms. The first-order chi connectivity index (χ1) is 12.9. The maximum atomic E-state index is 12.0. The first-order valence-corrected chi connectivity index (χ1v) is 8.68. The number of hydrogen-bond donors (Lipinski definition) is 1. The average molecular weight is 364 g/mol. The molecule has 0 amide bonds. The molecular weight excluding hydrogens is 344 g/mol. The fourth-order valence-electron chi connectivity index (χ4n) is 3.12. The second-order valence-electron chi connectivity index (χ2n) is 6.62. The number of aryl methyl sites for hydroxylation is 1. The van der Waals surface area contributed by atoms with E-state index in [0.29, 0.717) is 18.8 Å². The van der Waals surface area contributed by atoms with Crippen LogP contribution < -0.4 is 9.64 Å². The molecule has 1 fully saturated rings. The number of hydrogen-bond acceptors (Lipinski definition) is 5. The molecule has 1 atom stereocenters. The van der Waals surface area contributed by atoms with Gasteiger partial charge in [0.2, 0.25) is 5.88 Å². The molecule has 1 unspecified atom stereocenters. The Bertz CT molecular complexity index is 944. The smallest absolute Gasteiger partial charge is 0.391 e. The van der Waals surface area contributed by atoms with Gasteiger partial charge in [0.25, 0.3) is 0 Å². The van der Waals surface area contributed by atoms with Crippen molar-refractivity contribution >= 4 is 17.8 Å². The zero-order valence-corrected chi connectivity index (χ0v) is 15.2. The molecule has 2 heterocycles. The molecule has 6 nitrogen and oxygen atoms in total. The third-order valence-corrected chi connectivity index (χ3v) is 4.73. The van der Waals surface area contributed by atoms with Gasteiger partial charge in [-0.1, -0.05) is 30.2 Å². The molecule has 0 bridgehead atoms. The van der Waals surface area contributed by atoms with E-state index < -0.39 is 17.5 Å². The summed E-state index contributed by atoms with van der Waals surface area (Å²) in [7, 11) is 0. The van der Waals surface area contributed by atoms with E-state index in [1.807, 2.05) is 31.2 Å². The van der Waals surface area contributed by atoms with Crippen LogP contribution in [0.4, 0.5) is 5.82 Å². The summed E-state index contributed by atoms with van der Waals surface area (Å²) in [5.74, 6) is 4.19. The Labute approximate surface area is 157 Å². The first-order valence-electron chi connectivity index (χ1n) is 8.68. The van der Waals surface area contributed by atoms with Crippen LogP contribution >= 0.6 is 0 Å². The highest BCUT2D eigenvalue weighted by Crippen LogP contribution is 2.33. The molecule has 0 aliphatic carbocycles. The number of rotatable bonds is 3. The normalized spacial score (nSPS) is 18.5. The minimum atomic E-state index is -1.01. The van der Waals surface area contributed by atoms with E-state index in [4.69, 9.17) is 4.74 Å². The fraction of sp³-hybridized carbons (Fsp3) is 0.286. The van der Waals surface area contributed by atoms with Crippen LogP contribution in [-0.2, 0) is 9.59 Å². The highest BCUT2D eigenvalue weighted by Gasteiger charge is 2.44. The summed E-state index contributed by atoms with van der Waals surface area (Å²) < 4.78 is 5.21. The number of esters is 1. The number of nitrogens with zero attached hydrogens (tertiary/aromatic N) is 2. The van der Waals surface area contributed by atoms with Crippen LogP contribution in [0.2, 0.25) is 0 Å². The van der Waals surface area contributed by atoms with Gasteiger partial charge in [0, 0.05) is 24.1 Å². The van der Waals surface area contributed by atoms with Crippen molar-refractivity contribution in [2.45, 2.75) is 32.2 Å². The molecule has 1 aromatic heterocycles. The Balaban J connectivity index is 1.76. The van der Waals surface area contributed by atoms with Crippen LogP contribution in [0.5, 0.6) is 5.88 Å². The van der Waals surface area contributed by atoms with Crippen molar-refractivity contribution in [1.29, 1.82) is 0 Å². The number of carbonyl (C=O) groups excluding carboxylic acids is 1. The monoisotopic (exact) mass is 364 g/mol. The molecule has 0 radical (unpaired) electrons. The van der Waals surface area contributed by atoms with E-state index >= 15 is 0 Å². The van der Waals surface area contributed by atoms with E-state index in [9.17, 15) is 14.7 Å². The molecule has 1 saturated heterocycles. The van der Waals surface area contributed by atoms with E-state index in [2.05, 4.69) is 16.8 Å². The quantitative estimate of drug-likeness (QED) is 0.666. The fourth-order valence-corrected chi connectivity index (χ4v) is 3.12. The first kappa shape index (κ1) is 18.5. The van der Waals surface area contributed by atoms with Crippen LogP contribution in [0.25, 0.3) is 0 Å². The third-order valence-electron chi connectivity index (χ3n) is 4.73. The Morgan fingerprint density at radius 3 is 2.74 bits per heavy atom. The molecule has 2 aromatic rings. The van der Waals surface area contributed by atoms with E-state index in [1.54, 1.807) is 30.0 Å². The van der Waals surface area contributed by atoms with Crippen molar-refractivity contribution in [2.24, 2.45) is 0 Å². The van der Waals surface area contributed by atoms with Crippen LogP contribution in [-0.4, -0.2) is 34.1 Å². The number of carbonyl (C=O) groups is 2. The van der Waals surface area contributed by atoms with Crippen molar-refractivity contribution in [3.63, 3.8) is 0 Å². The van der Waals surface area contributed by atoms with Crippen LogP contribution in [0, 0.1) is 18.8 Å². The van der Waals surface area contributed by atoms with E-state index in [0.717, 1.165) is 17.5 Å². The van der Waals surface area contributed by atoms with Gasteiger partial charge in [0.15, 0.2) is 0 Å². The molecule has 0 saturated carbocycles. The van der Waals surface area contributed by atoms with Gasteiger partial charge in [0.05, 0.1) is 0 Å². The number of aliphatic carboxylic acids is 1. The van der Waals surface area contributed by atoms with Gasteiger partial charge < -0.3 is 14.7 Å². The molecular formula is C21H20N2O4. The van der Waals surface area contributed by atoms with Crippen molar-refractivity contribution < 1.29 is 19.4 Å². The number of carboxylic acids is 1. The van der Waals surface area contributed by atoms with Crippen molar-refractivity contribution in [3.05, 3.63) is 53.6 Å². The Hall–Kier alpha value is -3.33. The average Bonchev–Trinajstić information content (AvgIpc) is 3.04. The SMILES string of the molecule is Cc1ccccc1C#CC(=O)Oc1cccc(N2CCCC2(C)C(=O)O)n1. The number of aromatic nitrogens is 1. The standard InChI is InChI=1S/C21H20N2O4/c1-15-7-3-4-8-16(15)11-12-19(24)27-18-10-5-9-17(22-18)23-14-6-13-21(23,2)20(25)26/h3-5,7-10H,6,13-14H2,1-2H3,(H,25,26). The molecule has 3 rings (SSSR count). The lowest BCUT2D eigenvalue weighted by atomic mass is 9.99. The summed E-state index contributed by atoms with van der Waals surface area (Å²) in [6.45, 7) is 4.17. The molecule has 1 N–H and O–H groups in total. The number of ether oxygens (including phenoxy) is 1. The summed E-state index contributed by atoms with van der Waals surface area (Å²) in [5, 5.41) is 9.55. The highest BCUT2D eigenvalue weighted by atomic mass is 16.5. The lowest BCUT2D eigenvalue weighted by Crippen LogP contribution is -2.48. The van der Waals surface area contributed by atoms with Crippen molar-refractivity contribution in [1.82, 2.24) is 4.98 Å². The zero-order valence-electron chi connectivity index (χ0n) is 15.2. The Kier molecular flexibility index (Phi) is 5.13. The predicted molar refractivity (Wildman–Crippen MR) is 101 cm³/mol. The van der Waals surface area contributed by atoms with Gasteiger partial charge in [-0.2, -0.15) is 4.98 Å². The molecule has 6 heteroatoms. The summed E-state index contributed by atoms with van der Waals surface area (Å²) in [6.07, 6.45) is 1.30. The second-order valence-corrected chi connectivity index (χ2v) is 6.62. The second kappa shape index (κ2) is 7.50. The molecule has 1 aliphatic rings. The third kappa shape index (κ3) is 3.93. The Morgan fingerprint density at radius 2 is 2.00 bits per heavy atom. The lowest BCUT2D eigenvalue weighted by Gasteiger charge is -2.32. The maximum Gasteiger partial charge on any atom is 0.391 e. The number of anilines is 1.